The molecule has 5 heteroatoms. The van der Waals surface area contributed by atoms with Crippen LogP contribution in [0.1, 0.15) is 0 Å². The Labute approximate surface area is 453 Å². The van der Waals surface area contributed by atoms with Gasteiger partial charge in [0.1, 0.15) is 0 Å². The van der Waals surface area contributed by atoms with E-state index < -0.39 is 0 Å². The molecule has 0 saturated heterocycles. The van der Waals surface area contributed by atoms with Crippen LogP contribution in [-0.2, 0) is 0 Å². The lowest BCUT2D eigenvalue weighted by atomic mass is 10.1. The topological polar surface area (TPSA) is 24.6 Å². The van der Waals surface area contributed by atoms with Crippen molar-refractivity contribution in [3.8, 4) is 28.4 Å². The van der Waals surface area contributed by atoms with Crippen LogP contribution < -0.4 is 0 Å². The lowest BCUT2D eigenvalue weighted by Crippen LogP contribution is -2.02. The van der Waals surface area contributed by atoms with Crippen LogP contribution >= 0.6 is 0 Å². The van der Waals surface area contributed by atoms with Crippen LogP contribution in [0.3, 0.4) is 0 Å². The van der Waals surface area contributed by atoms with Crippen LogP contribution in [0.2, 0.25) is 0 Å². The average molecular weight is 1010 g/mol. The van der Waals surface area contributed by atoms with Crippen molar-refractivity contribution in [2.24, 2.45) is 0 Å². The van der Waals surface area contributed by atoms with E-state index in [9.17, 15) is 0 Å². The molecule has 0 unspecified atom stereocenters. The van der Waals surface area contributed by atoms with Crippen LogP contribution in [0.5, 0.6) is 0 Å². The standard InChI is InChI=1S/C74H47N5/c1-2-23-52(24-3-1)77-70-41-38-55-45-64(70)65-46-56(39-42-71(65)77)76(72-36-16-31-63-61-30-9-11-33-69(61)79(74(63)72)67-35-15-20-49-18-5-7-28-59(49)67)54-26-13-22-51(44-54)50-21-12-25-53(43-50)75(55)57-37-40-62-60-29-8-10-32-68(60)78(73(62)47-57)66-34-14-19-48-17-4-6-27-58(48)66/h1-47H. The van der Waals surface area contributed by atoms with Gasteiger partial charge in [-0.2, -0.15) is 0 Å². The highest BCUT2D eigenvalue weighted by atomic mass is 15.1. The molecule has 0 N–H and O–H groups in total. The van der Waals surface area contributed by atoms with Gasteiger partial charge in [-0.1, -0.05) is 170 Å². The molecule has 0 fully saturated rings. The average Bonchev–Trinajstić information content (AvgIpc) is 4.34. The Balaban J connectivity index is 1.01. The van der Waals surface area contributed by atoms with Crippen LogP contribution in [0.25, 0.3) is 148 Å². The largest absolute Gasteiger partial charge is 0.310 e. The van der Waals surface area contributed by atoms with Gasteiger partial charge in [0, 0.05) is 76.5 Å². The molecular weight excluding hydrogens is 959 g/mol. The van der Waals surface area contributed by atoms with E-state index in [4.69, 9.17) is 0 Å². The van der Waals surface area contributed by atoms with Crippen molar-refractivity contribution >= 4 is 120 Å². The molecule has 8 bridgehead atoms. The molecule has 4 heterocycles. The third-order valence-corrected chi connectivity index (χ3v) is 16.7. The molecule has 0 amide bonds. The zero-order valence-electron chi connectivity index (χ0n) is 42.9. The Kier molecular flexibility index (Phi) is 9.35. The van der Waals surface area contributed by atoms with Crippen molar-refractivity contribution in [2.75, 3.05) is 0 Å². The SMILES string of the molecule is c1ccc(-n2c3ccc4cc3c3cc(ccc32)n(-c2cccc3c5ccccc5n(-c5cccc6ccccc56)c23)c2cccc(c2)c2cccc(c2)n4-c2ccc3c4ccccc4n(-c4cccc5ccccc45)c3c2)cc1. The molecule has 4 aromatic heterocycles. The van der Waals surface area contributed by atoms with E-state index in [1.165, 1.54) is 64.9 Å². The summed E-state index contributed by atoms with van der Waals surface area (Å²) in [5, 5.41) is 14.3. The van der Waals surface area contributed by atoms with E-state index in [1.54, 1.807) is 0 Å². The zero-order chi connectivity index (χ0) is 51.7. The number of rotatable bonds is 5. The minimum atomic E-state index is 1.07. The lowest BCUT2D eigenvalue weighted by Gasteiger charge is -2.17. The molecule has 0 saturated carbocycles. The smallest absolute Gasteiger partial charge is 0.0782 e. The van der Waals surface area contributed by atoms with Gasteiger partial charge in [-0.25, -0.2) is 0 Å². The Morgan fingerprint density at radius 2 is 0.620 bits per heavy atom. The van der Waals surface area contributed by atoms with Gasteiger partial charge in [0.15, 0.2) is 0 Å². The van der Waals surface area contributed by atoms with Crippen LogP contribution in [0.4, 0.5) is 0 Å². The third-order valence-electron chi connectivity index (χ3n) is 16.7. The van der Waals surface area contributed by atoms with Gasteiger partial charge in [-0.15, -0.1) is 0 Å². The molecule has 17 rings (SSSR count). The van der Waals surface area contributed by atoms with E-state index in [-0.39, 0.29) is 0 Å². The van der Waals surface area contributed by atoms with E-state index in [1.807, 2.05) is 0 Å². The maximum absolute atomic E-state index is 2.50. The summed E-state index contributed by atoms with van der Waals surface area (Å²) in [6.07, 6.45) is 0. The van der Waals surface area contributed by atoms with Gasteiger partial charge in [0.2, 0.25) is 0 Å². The fourth-order valence-electron chi connectivity index (χ4n) is 13.3. The number of hydrogen-bond acceptors (Lipinski definition) is 0. The highest BCUT2D eigenvalue weighted by molar-refractivity contribution is 6.16. The summed E-state index contributed by atoms with van der Waals surface area (Å²) in [5.74, 6) is 0. The minimum Gasteiger partial charge on any atom is -0.310 e. The first kappa shape index (κ1) is 43.6. The van der Waals surface area contributed by atoms with E-state index in [0.717, 1.165) is 83.3 Å². The van der Waals surface area contributed by atoms with E-state index in [0.29, 0.717) is 0 Å². The van der Waals surface area contributed by atoms with Crippen LogP contribution in [0.15, 0.2) is 285 Å². The number of fused-ring (bicyclic) bond motifs is 15. The molecule has 5 nitrogen and oxygen atoms in total. The molecule has 79 heavy (non-hydrogen) atoms. The molecule has 0 aliphatic rings. The Morgan fingerprint density at radius 1 is 0.177 bits per heavy atom. The monoisotopic (exact) mass is 1010 g/mol. The molecule has 0 aliphatic carbocycles. The van der Waals surface area contributed by atoms with Gasteiger partial charge in [-0.3, -0.25) is 0 Å². The molecule has 0 atom stereocenters. The summed E-state index contributed by atoms with van der Waals surface area (Å²) in [6.45, 7) is 0. The summed E-state index contributed by atoms with van der Waals surface area (Å²) in [5.41, 5.74) is 16.8. The summed E-state index contributed by atoms with van der Waals surface area (Å²) in [6, 6.07) is 106. The van der Waals surface area contributed by atoms with Gasteiger partial charge >= 0.3 is 0 Å². The maximum atomic E-state index is 2.50. The maximum Gasteiger partial charge on any atom is 0.0782 e. The number of hydrogen-bond donors (Lipinski definition) is 0. The zero-order valence-corrected chi connectivity index (χ0v) is 42.9. The first-order chi connectivity index (χ1) is 39.2. The van der Waals surface area contributed by atoms with Crippen LogP contribution in [-0.4, -0.2) is 22.8 Å². The van der Waals surface area contributed by atoms with Gasteiger partial charge in [0.05, 0.1) is 50.2 Å². The number of nitrogens with zero attached hydrogens (tertiary/aromatic N) is 5. The molecule has 17 aromatic rings. The fourth-order valence-corrected chi connectivity index (χ4v) is 13.3. The third kappa shape index (κ3) is 6.51. The summed E-state index contributed by atoms with van der Waals surface area (Å²) >= 11 is 0. The second kappa shape index (κ2) is 16.9. The highest BCUT2D eigenvalue weighted by Gasteiger charge is 2.21. The normalized spacial score (nSPS) is 12.1. The predicted octanol–water partition coefficient (Wildman–Crippen LogP) is 19.4. The molecular formula is C74H47N5. The van der Waals surface area contributed by atoms with E-state index in [2.05, 4.69) is 308 Å². The molecule has 0 aliphatic heterocycles. The summed E-state index contributed by atoms with van der Waals surface area (Å²) < 4.78 is 12.3. The second-order valence-corrected chi connectivity index (χ2v) is 20.9. The Morgan fingerprint density at radius 3 is 1.29 bits per heavy atom. The fraction of sp³-hybridized carbons (Fsp3) is 0. The first-order valence-electron chi connectivity index (χ1n) is 27.2. The van der Waals surface area contributed by atoms with Crippen molar-refractivity contribution in [3.05, 3.63) is 285 Å². The van der Waals surface area contributed by atoms with Crippen molar-refractivity contribution in [3.63, 3.8) is 0 Å². The van der Waals surface area contributed by atoms with Crippen molar-refractivity contribution in [1.29, 1.82) is 0 Å². The Hall–Kier alpha value is -10.6. The van der Waals surface area contributed by atoms with Gasteiger partial charge in [0.25, 0.3) is 0 Å². The highest BCUT2D eigenvalue weighted by Crippen LogP contribution is 2.42. The number of aromatic nitrogens is 5. The molecule has 0 spiro atoms. The van der Waals surface area contributed by atoms with Crippen molar-refractivity contribution in [1.82, 2.24) is 22.8 Å². The van der Waals surface area contributed by atoms with Gasteiger partial charge < -0.3 is 22.8 Å². The van der Waals surface area contributed by atoms with Crippen molar-refractivity contribution in [2.45, 2.75) is 0 Å². The quantitative estimate of drug-likeness (QED) is 0.164. The predicted molar refractivity (Wildman–Crippen MR) is 333 cm³/mol. The van der Waals surface area contributed by atoms with E-state index >= 15 is 0 Å². The molecule has 368 valence electrons. The molecule has 13 aromatic carbocycles. The Bertz CT molecular complexity index is 5440. The number of benzene rings is 13. The van der Waals surface area contributed by atoms with Crippen LogP contribution in [0, 0.1) is 0 Å². The first-order valence-corrected chi connectivity index (χ1v) is 27.2. The summed E-state index contributed by atoms with van der Waals surface area (Å²) in [4.78, 5) is 0. The lowest BCUT2D eigenvalue weighted by molar-refractivity contribution is 1.13. The number of para-hydroxylation sites is 4. The second-order valence-electron chi connectivity index (χ2n) is 20.9. The van der Waals surface area contributed by atoms with Gasteiger partial charge in [-0.05, 0) is 137 Å². The minimum absolute atomic E-state index is 1.07. The molecule has 0 radical (unpaired) electrons. The summed E-state index contributed by atoms with van der Waals surface area (Å²) in [7, 11) is 0. The van der Waals surface area contributed by atoms with Crippen molar-refractivity contribution < 1.29 is 0 Å².